The molecule has 88 valence electrons. The van der Waals surface area contributed by atoms with Gasteiger partial charge in [-0.3, -0.25) is 0 Å². The van der Waals surface area contributed by atoms with Crippen LogP contribution in [-0.2, 0) is 5.33 Å². The lowest BCUT2D eigenvalue weighted by atomic mass is 10.1. The summed E-state index contributed by atoms with van der Waals surface area (Å²) in [6, 6.07) is 5.97. The highest BCUT2D eigenvalue weighted by Gasteiger charge is 2.16. The fourth-order valence-corrected chi connectivity index (χ4v) is 2.74. The Balaban J connectivity index is 1.93. The molecule has 2 rings (SSSR count). The molecule has 1 nitrogen and oxygen atoms in total. The normalized spacial score (nSPS) is 16.6. The van der Waals surface area contributed by atoms with E-state index >= 15 is 0 Å². The van der Waals surface area contributed by atoms with Gasteiger partial charge in [-0.15, -0.1) is 0 Å². The maximum atomic E-state index is 6.15. The van der Waals surface area contributed by atoms with Gasteiger partial charge in [-0.25, -0.2) is 0 Å². The standard InChI is InChI=1S/C13H16BrClO/c14-8-11-5-6-13(12(15)7-11)16-9-10-3-1-2-4-10/h5-7,10H,1-4,8-9H2. The van der Waals surface area contributed by atoms with E-state index in [4.69, 9.17) is 16.3 Å². The Kier molecular flexibility index (Phi) is 4.54. The summed E-state index contributed by atoms with van der Waals surface area (Å²) < 4.78 is 5.77. The van der Waals surface area contributed by atoms with Gasteiger partial charge in [0.05, 0.1) is 11.6 Å². The summed E-state index contributed by atoms with van der Waals surface area (Å²) in [5, 5.41) is 1.55. The molecule has 1 fully saturated rings. The fraction of sp³-hybridized carbons (Fsp3) is 0.538. The predicted molar refractivity (Wildman–Crippen MR) is 71.5 cm³/mol. The monoisotopic (exact) mass is 302 g/mol. The summed E-state index contributed by atoms with van der Waals surface area (Å²) in [6.45, 7) is 0.813. The first-order valence-electron chi connectivity index (χ1n) is 5.77. The predicted octanol–water partition coefficient (Wildman–Crippen LogP) is 4.80. The Hall–Kier alpha value is -0.210. The van der Waals surface area contributed by atoms with E-state index in [1.54, 1.807) is 0 Å². The van der Waals surface area contributed by atoms with Crippen molar-refractivity contribution in [2.45, 2.75) is 31.0 Å². The van der Waals surface area contributed by atoms with Crippen LogP contribution in [0.5, 0.6) is 5.75 Å². The molecule has 0 amide bonds. The lowest BCUT2D eigenvalue weighted by Crippen LogP contribution is -2.08. The van der Waals surface area contributed by atoms with Gasteiger partial charge in [0.25, 0.3) is 0 Å². The SMILES string of the molecule is Clc1cc(CBr)ccc1OCC1CCCC1. The molecule has 1 aromatic rings. The molecule has 0 heterocycles. The van der Waals surface area contributed by atoms with E-state index in [1.165, 1.54) is 31.2 Å². The van der Waals surface area contributed by atoms with Crippen molar-refractivity contribution in [1.82, 2.24) is 0 Å². The lowest BCUT2D eigenvalue weighted by Gasteiger charge is -2.12. The number of ether oxygens (including phenoxy) is 1. The van der Waals surface area contributed by atoms with Gasteiger partial charge >= 0.3 is 0 Å². The van der Waals surface area contributed by atoms with Crippen LogP contribution in [0.2, 0.25) is 5.02 Å². The van der Waals surface area contributed by atoms with Crippen LogP contribution >= 0.6 is 27.5 Å². The summed E-state index contributed by atoms with van der Waals surface area (Å²) in [7, 11) is 0. The number of rotatable bonds is 4. The first-order valence-corrected chi connectivity index (χ1v) is 7.26. The molecular weight excluding hydrogens is 287 g/mol. The number of hydrogen-bond acceptors (Lipinski definition) is 1. The molecule has 0 aromatic heterocycles. The molecule has 0 bridgehead atoms. The van der Waals surface area contributed by atoms with Gasteiger partial charge < -0.3 is 4.74 Å². The highest BCUT2D eigenvalue weighted by Crippen LogP contribution is 2.29. The summed E-state index contributed by atoms with van der Waals surface area (Å²) in [5.41, 5.74) is 1.18. The van der Waals surface area contributed by atoms with Crippen molar-refractivity contribution in [2.24, 2.45) is 5.92 Å². The Morgan fingerprint density at radius 2 is 2.06 bits per heavy atom. The molecule has 0 aliphatic heterocycles. The molecule has 0 radical (unpaired) electrons. The van der Waals surface area contributed by atoms with Gasteiger partial charge in [0.15, 0.2) is 0 Å². The quantitative estimate of drug-likeness (QED) is 0.726. The van der Waals surface area contributed by atoms with Crippen LogP contribution in [0.25, 0.3) is 0 Å². The van der Waals surface area contributed by atoms with Crippen LogP contribution in [0.3, 0.4) is 0 Å². The van der Waals surface area contributed by atoms with E-state index in [0.29, 0.717) is 0 Å². The number of hydrogen-bond donors (Lipinski definition) is 0. The molecule has 3 heteroatoms. The van der Waals surface area contributed by atoms with Crippen molar-refractivity contribution < 1.29 is 4.74 Å². The first-order chi connectivity index (χ1) is 7.79. The van der Waals surface area contributed by atoms with Crippen molar-refractivity contribution in [2.75, 3.05) is 6.61 Å². The van der Waals surface area contributed by atoms with Crippen LogP contribution in [0.15, 0.2) is 18.2 Å². The van der Waals surface area contributed by atoms with Crippen LogP contribution in [0, 0.1) is 5.92 Å². The molecule has 1 aliphatic rings. The fourth-order valence-electron chi connectivity index (χ4n) is 2.13. The Morgan fingerprint density at radius 1 is 1.31 bits per heavy atom. The van der Waals surface area contributed by atoms with Crippen LogP contribution in [-0.4, -0.2) is 6.61 Å². The smallest absolute Gasteiger partial charge is 0.137 e. The zero-order chi connectivity index (χ0) is 11.4. The van der Waals surface area contributed by atoms with E-state index in [1.807, 2.05) is 18.2 Å². The molecule has 1 aromatic carbocycles. The Bertz CT molecular complexity index is 348. The van der Waals surface area contributed by atoms with Gasteiger partial charge in [-0.1, -0.05) is 46.4 Å². The van der Waals surface area contributed by atoms with E-state index < -0.39 is 0 Å². The highest BCUT2D eigenvalue weighted by molar-refractivity contribution is 9.08. The zero-order valence-corrected chi connectivity index (χ0v) is 11.6. The van der Waals surface area contributed by atoms with E-state index in [0.717, 1.165) is 28.6 Å². The Morgan fingerprint density at radius 3 is 2.69 bits per heavy atom. The van der Waals surface area contributed by atoms with Crippen molar-refractivity contribution in [3.05, 3.63) is 28.8 Å². The highest BCUT2D eigenvalue weighted by atomic mass is 79.9. The van der Waals surface area contributed by atoms with Crippen molar-refractivity contribution in [3.63, 3.8) is 0 Å². The topological polar surface area (TPSA) is 9.23 Å². The van der Waals surface area contributed by atoms with E-state index in [2.05, 4.69) is 15.9 Å². The summed E-state index contributed by atoms with van der Waals surface area (Å²) >= 11 is 9.56. The van der Waals surface area contributed by atoms with E-state index in [9.17, 15) is 0 Å². The lowest BCUT2D eigenvalue weighted by molar-refractivity contribution is 0.252. The van der Waals surface area contributed by atoms with Gasteiger partial charge in [0.2, 0.25) is 0 Å². The molecule has 0 N–H and O–H groups in total. The molecule has 0 spiro atoms. The van der Waals surface area contributed by atoms with Crippen LogP contribution in [0.4, 0.5) is 0 Å². The second-order valence-electron chi connectivity index (χ2n) is 4.36. The van der Waals surface area contributed by atoms with Crippen molar-refractivity contribution in [3.8, 4) is 5.75 Å². The van der Waals surface area contributed by atoms with Crippen molar-refractivity contribution >= 4 is 27.5 Å². The minimum absolute atomic E-state index is 0.718. The minimum Gasteiger partial charge on any atom is -0.492 e. The maximum absolute atomic E-state index is 6.15. The molecular formula is C13H16BrClO. The molecule has 1 aliphatic carbocycles. The molecule has 0 atom stereocenters. The third-order valence-corrected chi connectivity index (χ3v) is 4.04. The second-order valence-corrected chi connectivity index (χ2v) is 5.33. The average molecular weight is 304 g/mol. The number of benzene rings is 1. The zero-order valence-electron chi connectivity index (χ0n) is 9.22. The van der Waals surface area contributed by atoms with Crippen LogP contribution in [0.1, 0.15) is 31.2 Å². The summed E-state index contributed by atoms with van der Waals surface area (Å²) in [5.74, 6) is 1.55. The second kappa shape index (κ2) is 5.92. The molecule has 16 heavy (non-hydrogen) atoms. The van der Waals surface area contributed by atoms with Gasteiger partial charge in [0.1, 0.15) is 5.75 Å². The molecule has 0 unspecified atom stereocenters. The van der Waals surface area contributed by atoms with E-state index in [-0.39, 0.29) is 0 Å². The third kappa shape index (κ3) is 3.14. The number of halogens is 2. The molecule has 0 saturated heterocycles. The first kappa shape index (κ1) is 12.3. The van der Waals surface area contributed by atoms with Gasteiger partial charge in [-0.2, -0.15) is 0 Å². The maximum Gasteiger partial charge on any atom is 0.137 e. The summed E-state index contributed by atoms with van der Waals surface area (Å²) in [6.07, 6.45) is 5.31. The largest absolute Gasteiger partial charge is 0.492 e. The Labute approximate surface area is 110 Å². The third-order valence-electron chi connectivity index (χ3n) is 3.10. The van der Waals surface area contributed by atoms with Crippen LogP contribution < -0.4 is 4.74 Å². The average Bonchev–Trinajstić information content (AvgIpc) is 2.80. The number of alkyl halides is 1. The summed E-state index contributed by atoms with van der Waals surface area (Å²) in [4.78, 5) is 0. The molecule has 1 saturated carbocycles. The minimum atomic E-state index is 0.718. The van der Waals surface area contributed by atoms with Gasteiger partial charge in [0, 0.05) is 5.33 Å². The van der Waals surface area contributed by atoms with Crippen molar-refractivity contribution in [1.29, 1.82) is 0 Å². The van der Waals surface area contributed by atoms with Gasteiger partial charge in [-0.05, 0) is 36.5 Å².